The summed E-state index contributed by atoms with van der Waals surface area (Å²) in [7, 11) is 0. The molecule has 1 aliphatic carbocycles. The molecule has 5 N–H and O–H groups in total. The predicted octanol–water partition coefficient (Wildman–Crippen LogP) is 2.47. The van der Waals surface area contributed by atoms with Crippen LogP contribution in [0.15, 0.2) is 48.5 Å². The van der Waals surface area contributed by atoms with Crippen LogP contribution in [0, 0.1) is 5.92 Å². The third-order valence-electron chi connectivity index (χ3n) is 5.64. The van der Waals surface area contributed by atoms with E-state index in [1.54, 1.807) is 13.8 Å². The lowest BCUT2D eigenvalue weighted by molar-refractivity contribution is -0.142. The topological polar surface area (TPSA) is 131 Å². The maximum Gasteiger partial charge on any atom is 0.407 e. The Morgan fingerprint density at radius 1 is 1.00 bits per heavy atom. The number of carboxylic acids is 1. The lowest BCUT2D eigenvalue weighted by atomic mass is 9.98. The number of amides is 2. The number of nitrogens with one attached hydrogen (secondary N) is 2. The lowest BCUT2D eigenvalue weighted by Gasteiger charge is -2.24. The van der Waals surface area contributed by atoms with Gasteiger partial charge in [0.2, 0.25) is 5.91 Å². The van der Waals surface area contributed by atoms with Crippen LogP contribution in [0.5, 0.6) is 0 Å². The molecule has 2 atom stereocenters. The van der Waals surface area contributed by atoms with Gasteiger partial charge in [-0.2, -0.15) is 0 Å². The number of ether oxygens (including phenoxy) is 1. The maximum atomic E-state index is 12.6. The molecule has 0 saturated carbocycles. The van der Waals surface area contributed by atoms with E-state index in [9.17, 15) is 19.5 Å². The number of fused-ring (bicyclic) bond motifs is 3. The number of carbonyl (C=O) groups excluding carboxylic acids is 2. The van der Waals surface area contributed by atoms with E-state index in [2.05, 4.69) is 10.6 Å². The first kappa shape index (κ1) is 23.3. The van der Waals surface area contributed by atoms with Crippen LogP contribution in [0.2, 0.25) is 0 Å². The first-order valence-corrected chi connectivity index (χ1v) is 10.7. The summed E-state index contributed by atoms with van der Waals surface area (Å²) in [4.78, 5) is 36.5. The van der Waals surface area contributed by atoms with Crippen LogP contribution in [0.1, 0.15) is 37.3 Å². The highest BCUT2D eigenvalue weighted by Gasteiger charge is 2.31. The average Bonchev–Trinajstić information content (AvgIpc) is 3.09. The number of nitrogens with two attached hydrogens (primary N) is 1. The molecule has 3 rings (SSSR count). The summed E-state index contributed by atoms with van der Waals surface area (Å²) in [5.74, 6) is -2.13. The Morgan fingerprint density at radius 2 is 1.56 bits per heavy atom. The zero-order valence-corrected chi connectivity index (χ0v) is 18.2. The van der Waals surface area contributed by atoms with E-state index in [1.807, 2.05) is 48.5 Å². The molecule has 0 saturated heterocycles. The minimum Gasteiger partial charge on any atom is -0.480 e. The second-order valence-corrected chi connectivity index (χ2v) is 8.17. The Hall–Kier alpha value is -3.39. The van der Waals surface area contributed by atoms with E-state index in [0.717, 1.165) is 22.3 Å². The number of alkyl carbamates (subject to hydrolysis) is 1. The van der Waals surface area contributed by atoms with E-state index < -0.39 is 30.1 Å². The third-order valence-corrected chi connectivity index (χ3v) is 5.64. The van der Waals surface area contributed by atoms with E-state index >= 15 is 0 Å². The van der Waals surface area contributed by atoms with Crippen LogP contribution in [0.25, 0.3) is 11.1 Å². The van der Waals surface area contributed by atoms with Crippen molar-refractivity contribution in [1.82, 2.24) is 10.6 Å². The Labute approximate surface area is 187 Å². The number of hydrogen-bond donors (Lipinski definition) is 4. The van der Waals surface area contributed by atoms with Gasteiger partial charge in [-0.25, -0.2) is 9.59 Å². The fourth-order valence-electron chi connectivity index (χ4n) is 3.99. The fourth-order valence-corrected chi connectivity index (χ4v) is 3.99. The van der Waals surface area contributed by atoms with Crippen molar-refractivity contribution < 1.29 is 24.2 Å². The molecule has 2 amide bonds. The molecular formula is C24H29N3O5. The Kier molecular flexibility index (Phi) is 7.48. The second-order valence-electron chi connectivity index (χ2n) is 8.17. The molecule has 0 heterocycles. The smallest absolute Gasteiger partial charge is 0.407 e. The second kappa shape index (κ2) is 10.3. The third kappa shape index (κ3) is 5.08. The molecule has 0 aliphatic heterocycles. The highest BCUT2D eigenvalue weighted by Crippen LogP contribution is 2.44. The van der Waals surface area contributed by atoms with Crippen molar-refractivity contribution >= 4 is 18.0 Å². The summed E-state index contributed by atoms with van der Waals surface area (Å²) in [5.41, 5.74) is 9.84. The van der Waals surface area contributed by atoms with Gasteiger partial charge in [0.05, 0.1) is 0 Å². The SMILES string of the molecule is CC(C)[C@H](NC(=O)OCC1c2ccccc2-c2ccccc21)C(=O)N[C@@H](CCN)C(=O)O. The van der Waals surface area contributed by atoms with Crippen LogP contribution in [0.3, 0.4) is 0 Å². The molecule has 8 heteroatoms. The normalized spacial score (nSPS) is 14.2. The molecule has 2 aromatic rings. The van der Waals surface area contributed by atoms with Gasteiger partial charge < -0.3 is 26.2 Å². The molecule has 0 spiro atoms. The van der Waals surface area contributed by atoms with Gasteiger partial charge in [0.25, 0.3) is 0 Å². The monoisotopic (exact) mass is 439 g/mol. The summed E-state index contributed by atoms with van der Waals surface area (Å²) in [6, 6.07) is 14.0. The number of rotatable bonds is 9. The van der Waals surface area contributed by atoms with Crippen molar-refractivity contribution in [3.63, 3.8) is 0 Å². The van der Waals surface area contributed by atoms with Crippen molar-refractivity contribution in [3.8, 4) is 11.1 Å². The fraction of sp³-hybridized carbons (Fsp3) is 0.375. The van der Waals surface area contributed by atoms with Gasteiger partial charge in [0, 0.05) is 5.92 Å². The van der Waals surface area contributed by atoms with Crippen LogP contribution in [0.4, 0.5) is 4.79 Å². The lowest BCUT2D eigenvalue weighted by Crippen LogP contribution is -2.54. The number of carbonyl (C=O) groups is 3. The van der Waals surface area contributed by atoms with Crippen molar-refractivity contribution in [2.75, 3.05) is 13.2 Å². The molecule has 0 bridgehead atoms. The highest BCUT2D eigenvalue weighted by molar-refractivity contribution is 5.89. The van der Waals surface area contributed by atoms with Gasteiger partial charge in [0.1, 0.15) is 18.7 Å². The van der Waals surface area contributed by atoms with E-state index in [0.29, 0.717) is 0 Å². The average molecular weight is 440 g/mol. The first-order valence-electron chi connectivity index (χ1n) is 10.7. The Balaban J connectivity index is 1.65. The zero-order chi connectivity index (χ0) is 23.3. The van der Waals surface area contributed by atoms with Gasteiger partial charge in [-0.3, -0.25) is 4.79 Å². The molecule has 32 heavy (non-hydrogen) atoms. The molecule has 170 valence electrons. The molecular weight excluding hydrogens is 410 g/mol. The molecule has 0 unspecified atom stereocenters. The minimum atomic E-state index is -1.17. The van der Waals surface area contributed by atoms with E-state index in [1.165, 1.54) is 0 Å². The standard InChI is InChI=1S/C24H29N3O5/c1-14(2)21(22(28)26-20(11-12-25)23(29)30)27-24(31)32-13-19-17-9-5-3-7-15(17)16-8-4-6-10-18(16)19/h3-10,14,19-21H,11-13,25H2,1-2H3,(H,26,28)(H,27,31)(H,29,30)/t20-,21-/m0/s1. The van der Waals surface area contributed by atoms with Crippen molar-refractivity contribution in [3.05, 3.63) is 59.7 Å². The molecule has 2 aromatic carbocycles. The predicted molar refractivity (Wildman–Crippen MR) is 120 cm³/mol. The molecule has 0 aromatic heterocycles. The van der Waals surface area contributed by atoms with Crippen molar-refractivity contribution in [2.45, 2.75) is 38.3 Å². The number of aliphatic carboxylic acids is 1. The summed E-state index contributed by atoms with van der Waals surface area (Å²) < 4.78 is 5.50. The zero-order valence-electron chi connectivity index (χ0n) is 18.2. The van der Waals surface area contributed by atoms with Crippen LogP contribution >= 0.6 is 0 Å². The van der Waals surface area contributed by atoms with Crippen LogP contribution in [-0.4, -0.2) is 48.3 Å². The number of hydrogen-bond acceptors (Lipinski definition) is 5. The molecule has 1 aliphatic rings. The Morgan fingerprint density at radius 3 is 2.06 bits per heavy atom. The van der Waals surface area contributed by atoms with Gasteiger partial charge >= 0.3 is 12.1 Å². The van der Waals surface area contributed by atoms with Crippen LogP contribution in [-0.2, 0) is 14.3 Å². The molecule has 0 fully saturated rings. The minimum absolute atomic E-state index is 0.0941. The highest BCUT2D eigenvalue weighted by atomic mass is 16.5. The van der Waals surface area contributed by atoms with Crippen LogP contribution < -0.4 is 16.4 Å². The molecule has 0 radical (unpaired) electrons. The largest absolute Gasteiger partial charge is 0.480 e. The first-order chi connectivity index (χ1) is 15.3. The Bertz CT molecular complexity index is 946. The quantitative estimate of drug-likeness (QED) is 0.475. The summed E-state index contributed by atoms with van der Waals surface area (Å²) in [6.45, 7) is 3.75. The number of carboxylic acid groups (broad SMARTS) is 1. The summed E-state index contributed by atoms with van der Waals surface area (Å²) in [6.07, 6.45) is -0.636. The van der Waals surface area contributed by atoms with Gasteiger partial charge in [-0.1, -0.05) is 62.4 Å². The van der Waals surface area contributed by atoms with E-state index in [-0.39, 0.29) is 31.4 Å². The van der Waals surface area contributed by atoms with Gasteiger partial charge in [0.15, 0.2) is 0 Å². The summed E-state index contributed by atoms with van der Waals surface area (Å²) >= 11 is 0. The van der Waals surface area contributed by atoms with Gasteiger partial charge in [-0.05, 0) is 41.1 Å². The number of benzene rings is 2. The maximum absolute atomic E-state index is 12.6. The van der Waals surface area contributed by atoms with Crippen molar-refractivity contribution in [2.24, 2.45) is 11.7 Å². The summed E-state index contributed by atoms with van der Waals surface area (Å²) in [5, 5.41) is 14.3. The van der Waals surface area contributed by atoms with Crippen molar-refractivity contribution in [1.29, 1.82) is 0 Å². The molecule has 8 nitrogen and oxygen atoms in total. The van der Waals surface area contributed by atoms with Gasteiger partial charge in [-0.15, -0.1) is 0 Å². The van der Waals surface area contributed by atoms with E-state index in [4.69, 9.17) is 10.5 Å².